The van der Waals surface area contributed by atoms with Crippen molar-refractivity contribution in [2.24, 2.45) is 5.92 Å². The second-order valence-electron chi connectivity index (χ2n) is 7.75. The zero-order chi connectivity index (χ0) is 20.6. The zero-order valence-corrected chi connectivity index (χ0v) is 18.3. The number of hydrogen-bond donors (Lipinski definition) is 1. The molecule has 1 N–H and O–H groups in total. The molecule has 1 saturated carbocycles. The minimum Gasteiger partial charge on any atom is -0.356 e. The third-order valence-electron chi connectivity index (χ3n) is 5.38. The highest BCUT2D eigenvalue weighted by Crippen LogP contribution is 2.41. The van der Waals surface area contributed by atoms with Crippen molar-refractivity contribution in [3.05, 3.63) is 16.8 Å². The summed E-state index contributed by atoms with van der Waals surface area (Å²) in [6.45, 7) is 5.04. The van der Waals surface area contributed by atoms with Gasteiger partial charge in [0, 0.05) is 30.4 Å². The van der Waals surface area contributed by atoms with E-state index in [1.54, 1.807) is 13.0 Å². The van der Waals surface area contributed by atoms with E-state index in [0.29, 0.717) is 53.3 Å². The summed E-state index contributed by atoms with van der Waals surface area (Å²) in [6, 6.07) is 1.64. The third kappa shape index (κ3) is 4.24. The highest BCUT2D eigenvalue weighted by Gasteiger charge is 2.35. The van der Waals surface area contributed by atoms with E-state index in [0.717, 1.165) is 19.3 Å². The lowest BCUT2D eigenvalue weighted by molar-refractivity contribution is -0.126. The summed E-state index contributed by atoms with van der Waals surface area (Å²) in [4.78, 5) is 18.4. The molecule has 2 aliphatic rings. The Morgan fingerprint density at radius 3 is 2.90 bits per heavy atom. The number of carbonyl (C=O) groups is 1. The maximum Gasteiger partial charge on any atom is 0.244 e. The average Bonchev–Trinajstić information content (AvgIpc) is 3.31. The zero-order valence-electron chi connectivity index (χ0n) is 16.7. The van der Waals surface area contributed by atoms with Crippen LogP contribution in [0.5, 0.6) is 0 Å². The van der Waals surface area contributed by atoms with Gasteiger partial charge in [-0.3, -0.25) is 4.79 Å². The molecule has 4 rings (SSSR count). The van der Waals surface area contributed by atoms with E-state index in [1.165, 1.54) is 15.6 Å². The standard InChI is InChI=1S/C19H26N4O4S2/c1-3-8-20-18(24)14-5-4-9-23(11-14)29(25,26)16-10-15(28-12(16)2)17-21-19(27-22-17)13-6-7-13/h10,13-14H,3-9,11H2,1-2H3,(H,20,24). The summed E-state index contributed by atoms with van der Waals surface area (Å²) < 4.78 is 33.3. The molecule has 0 aromatic carbocycles. The van der Waals surface area contributed by atoms with Gasteiger partial charge < -0.3 is 9.84 Å². The van der Waals surface area contributed by atoms with E-state index in [4.69, 9.17) is 4.52 Å². The number of hydrogen-bond acceptors (Lipinski definition) is 7. The summed E-state index contributed by atoms with van der Waals surface area (Å²) in [6.07, 6.45) is 4.37. The number of aryl methyl sites for hydroxylation is 1. The van der Waals surface area contributed by atoms with Crippen molar-refractivity contribution < 1.29 is 17.7 Å². The number of carbonyl (C=O) groups excluding carboxylic acids is 1. The van der Waals surface area contributed by atoms with Crippen molar-refractivity contribution >= 4 is 27.3 Å². The van der Waals surface area contributed by atoms with E-state index < -0.39 is 10.0 Å². The molecule has 1 unspecified atom stereocenters. The van der Waals surface area contributed by atoms with Crippen LogP contribution in [0, 0.1) is 12.8 Å². The molecule has 29 heavy (non-hydrogen) atoms. The number of nitrogens with zero attached hydrogens (tertiary/aromatic N) is 3. The first kappa shape index (κ1) is 20.5. The first-order valence-corrected chi connectivity index (χ1v) is 12.4. The lowest BCUT2D eigenvalue weighted by Gasteiger charge is -2.31. The minimum atomic E-state index is -3.69. The Hall–Kier alpha value is -1.78. The molecule has 1 aliphatic carbocycles. The molecule has 2 aromatic rings. The number of aromatic nitrogens is 2. The fourth-order valence-electron chi connectivity index (χ4n) is 3.57. The van der Waals surface area contributed by atoms with Crippen LogP contribution in [0.25, 0.3) is 10.7 Å². The summed E-state index contributed by atoms with van der Waals surface area (Å²) in [7, 11) is -3.69. The van der Waals surface area contributed by atoms with Crippen molar-refractivity contribution in [2.45, 2.75) is 56.8 Å². The first-order chi connectivity index (χ1) is 13.9. The molecule has 0 spiro atoms. The number of sulfonamides is 1. The first-order valence-electron chi connectivity index (χ1n) is 10.1. The summed E-state index contributed by atoms with van der Waals surface area (Å²) >= 11 is 1.35. The van der Waals surface area contributed by atoms with Gasteiger partial charge in [-0.25, -0.2) is 8.42 Å². The van der Waals surface area contributed by atoms with E-state index in [1.807, 2.05) is 6.92 Å². The Balaban J connectivity index is 1.53. The molecule has 3 heterocycles. The smallest absolute Gasteiger partial charge is 0.244 e. The van der Waals surface area contributed by atoms with Crippen molar-refractivity contribution in [1.29, 1.82) is 0 Å². The van der Waals surface area contributed by atoms with Crippen LogP contribution >= 0.6 is 11.3 Å². The van der Waals surface area contributed by atoms with Gasteiger partial charge >= 0.3 is 0 Å². The van der Waals surface area contributed by atoms with Gasteiger partial charge in [0.2, 0.25) is 27.6 Å². The van der Waals surface area contributed by atoms with Gasteiger partial charge in [0.25, 0.3) is 0 Å². The SMILES string of the molecule is CCCNC(=O)C1CCCN(S(=O)(=O)c2cc(-c3noc(C4CC4)n3)sc2C)C1. The predicted molar refractivity (Wildman–Crippen MR) is 109 cm³/mol. The van der Waals surface area contributed by atoms with Crippen LogP contribution in [0.3, 0.4) is 0 Å². The number of nitrogens with one attached hydrogen (secondary N) is 1. The Morgan fingerprint density at radius 2 is 2.17 bits per heavy atom. The molecule has 1 atom stereocenters. The number of piperidine rings is 1. The number of amides is 1. The van der Waals surface area contributed by atoms with Crippen LogP contribution in [0.4, 0.5) is 0 Å². The number of thiophene rings is 1. The Bertz CT molecular complexity index is 994. The largest absolute Gasteiger partial charge is 0.356 e. The van der Waals surface area contributed by atoms with Gasteiger partial charge in [-0.1, -0.05) is 12.1 Å². The van der Waals surface area contributed by atoms with Crippen LogP contribution in [-0.4, -0.2) is 48.4 Å². The Morgan fingerprint density at radius 1 is 1.38 bits per heavy atom. The maximum absolute atomic E-state index is 13.3. The molecular formula is C19H26N4O4S2. The van der Waals surface area contributed by atoms with Crippen LogP contribution < -0.4 is 5.32 Å². The predicted octanol–water partition coefficient (Wildman–Crippen LogP) is 2.91. The third-order valence-corrected chi connectivity index (χ3v) is 8.55. The van der Waals surface area contributed by atoms with Gasteiger partial charge in [-0.2, -0.15) is 9.29 Å². The maximum atomic E-state index is 13.3. The van der Waals surface area contributed by atoms with Crippen LogP contribution in [0.2, 0.25) is 0 Å². The second kappa shape index (κ2) is 8.16. The summed E-state index contributed by atoms with van der Waals surface area (Å²) in [5, 5.41) is 6.91. The average molecular weight is 439 g/mol. The van der Waals surface area contributed by atoms with Gasteiger partial charge in [-0.05, 0) is 45.1 Å². The lowest BCUT2D eigenvalue weighted by Crippen LogP contribution is -2.45. The molecule has 1 amide bonds. The molecule has 1 aliphatic heterocycles. The topological polar surface area (TPSA) is 105 Å². The van der Waals surface area contributed by atoms with E-state index >= 15 is 0 Å². The summed E-state index contributed by atoms with van der Waals surface area (Å²) in [5.41, 5.74) is 0. The monoisotopic (exact) mass is 438 g/mol. The summed E-state index contributed by atoms with van der Waals surface area (Å²) in [5.74, 6) is 1.06. The molecule has 0 radical (unpaired) electrons. The van der Waals surface area contributed by atoms with Crippen LogP contribution in [0.15, 0.2) is 15.5 Å². The molecule has 2 aromatic heterocycles. The molecule has 0 bridgehead atoms. The Kier molecular flexibility index (Phi) is 5.76. The highest BCUT2D eigenvalue weighted by molar-refractivity contribution is 7.89. The Labute approximate surface area is 174 Å². The molecule has 1 saturated heterocycles. The van der Waals surface area contributed by atoms with Crippen LogP contribution in [0.1, 0.15) is 55.7 Å². The fraction of sp³-hybridized carbons (Fsp3) is 0.632. The van der Waals surface area contributed by atoms with E-state index in [2.05, 4.69) is 15.5 Å². The highest BCUT2D eigenvalue weighted by atomic mass is 32.2. The van der Waals surface area contributed by atoms with Crippen molar-refractivity contribution in [2.75, 3.05) is 19.6 Å². The minimum absolute atomic E-state index is 0.0612. The van der Waals surface area contributed by atoms with Crippen LogP contribution in [-0.2, 0) is 14.8 Å². The molecular weight excluding hydrogens is 412 g/mol. The van der Waals surface area contributed by atoms with Gasteiger partial charge in [-0.15, -0.1) is 11.3 Å². The number of rotatable bonds is 7. The van der Waals surface area contributed by atoms with Crippen molar-refractivity contribution in [3.8, 4) is 10.7 Å². The van der Waals surface area contributed by atoms with Gasteiger partial charge in [0.1, 0.15) is 0 Å². The van der Waals surface area contributed by atoms with Crippen molar-refractivity contribution in [3.63, 3.8) is 0 Å². The second-order valence-corrected chi connectivity index (χ2v) is 10.9. The van der Waals surface area contributed by atoms with E-state index in [-0.39, 0.29) is 23.3 Å². The van der Waals surface area contributed by atoms with Gasteiger partial charge in [0.05, 0.1) is 15.7 Å². The van der Waals surface area contributed by atoms with E-state index in [9.17, 15) is 13.2 Å². The van der Waals surface area contributed by atoms with Gasteiger partial charge in [0.15, 0.2) is 0 Å². The fourth-order valence-corrected chi connectivity index (χ4v) is 6.58. The molecule has 2 fully saturated rings. The molecule has 10 heteroatoms. The quantitative estimate of drug-likeness (QED) is 0.713. The molecule has 8 nitrogen and oxygen atoms in total. The molecule has 158 valence electrons. The lowest BCUT2D eigenvalue weighted by atomic mass is 9.99. The van der Waals surface area contributed by atoms with Crippen molar-refractivity contribution in [1.82, 2.24) is 19.8 Å². The normalized spacial score (nSPS) is 20.7.